The third-order valence-electron chi connectivity index (χ3n) is 9.83. The van der Waals surface area contributed by atoms with Crippen LogP contribution in [-0.4, -0.2) is 15.0 Å². The lowest BCUT2D eigenvalue weighted by molar-refractivity contribution is 1.28. The molecule has 0 aliphatic carbocycles. The molecule has 0 radical (unpaired) electrons. The Morgan fingerprint density at radius 1 is 0.392 bits per heavy atom. The Labute approximate surface area is 294 Å². The molecule has 4 heteroatoms. The van der Waals surface area contributed by atoms with Gasteiger partial charge in [0.05, 0.1) is 33.6 Å². The van der Waals surface area contributed by atoms with E-state index < -0.39 is 0 Å². The summed E-state index contributed by atoms with van der Waals surface area (Å²) in [4.78, 5) is 17.7. The number of hydrogen-bond acceptors (Lipinski definition) is 4. The van der Waals surface area contributed by atoms with Gasteiger partial charge in [0.15, 0.2) is 0 Å². The van der Waals surface area contributed by atoms with Crippen LogP contribution < -0.4 is 4.90 Å². The molecule has 10 rings (SSSR count). The molecule has 0 atom stereocenters. The van der Waals surface area contributed by atoms with Crippen LogP contribution in [0.4, 0.5) is 17.1 Å². The summed E-state index contributed by atoms with van der Waals surface area (Å²) in [5, 5.41) is 7.92. The zero-order chi connectivity index (χ0) is 33.7. The van der Waals surface area contributed by atoms with Gasteiger partial charge in [-0.25, -0.2) is 9.97 Å². The van der Waals surface area contributed by atoms with Crippen molar-refractivity contribution in [1.29, 1.82) is 0 Å². The van der Waals surface area contributed by atoms with E-state index in [0.29, 0.717) is 0 Å². The zero-order valence-electron chi connectivity index (χ0n) is 27.6. The normalized spacial score (nSPS) is 11.5. The average molecular weight is 651 g/mol. The van der Waals surface area contributed by atoms with Gasteiger partial charge in [0.1, 0.15) is 0 Å². The molecule has 0 amide bonds. The maximum Gasteiger partial charge on any atom is 0.0972 e. The molecule has 51 heavy (non-hydrogen) atoms. The predicted octanol–water partition coefficient (Wildman–Crippen LogP) is 12.4. The van der Waals surface area contributed by atoms with Gasteiger partial charge in [0.25, 0.3) is 0 Å². The van der Waals surface area contributed by atoms with E-state index in [4.69, 9.17) is 9.97 Å². The van der Waals surface area contributed by atoms with Crippen LogP contribution in [0.3, 0.4) is 0 Å². The molecule has 7 aromatic carbocycles. The van der Waals surface area contributed by atoms with Crippen LogP contribution >= 0.6 is 0 Å². The molecule has 0 aliphatic rings. The SMILES string of the molecule is c1ccc(-c2nc3c(N(c4ccccc4)c4ccccc4)cccc3c3c2ccc2cc(-c4ccc5ccc6cccnc6c5n4)ccc23)cc1. The van der Waals surface area contributed by atoms with E-state index in [2.05, 4.69) is 180 Å². The first-order valence-electron chi connectivity index (χ1n) is 17.2. The molecule has 0 unspecified atom stereocenters. The van der Waals surface area contributed by atoms with Crippen molar-refractivity contribution in [1.82, 2.24) is 15.0 Å². The van der Waals surface area contributed by atoms with Crippen LogP contribution in [0, 0.1) is 0 Å². The van der Waals surface area contributed by atoms with Gasteiger partial charge in [-0.1, -0.05) is 127 Å². The lowest BCUT2D eigenvalue weighted by atomic mass is 9.93. The van der Waals surface area contributed by atoms with E-state index in [1.54, 1.807) is 0 Å². The topological polar surface area (TPSA) is 41.9 Å². The van der Waals surface area contributed by atoms with E-state index in [1.807, 2.05) is 12.3 Å². The van der Waals surface area contributed by atoms with E-state index in [-0.39, 0.29) is 0 Å². The Hall–Kier alpha value is -6.91. The van der Waals surface area contributed by atoms with Crippen LogP contribution in [0.1, 0.15) is 0 Å². The van der Waals surface area contributed by atoms with Crippen LogP contribution in [0.25, 0.3) is 76.8 Å². The largest absolute Gasteiger partial charge is 0.308 e. The smallest absolute Gasteiger partial charge is 0.0972 e. The van der Waals surface area contributed by atoms with Gasteiger partial charge in [-0.3, -0.25) is 4.98 Å². The molecule has 0 aliphatic heterocycles. The van der Waals surface area contributed by atoms with Crippen molar-refractivity contribution in [3.8, 4) is 22.5 Å². The molecule has 0 N–H and O–H groups in total. The Balaban J connectivity index is 1.24. The second-order valence-corrected chi connectivity index (χ2v) is 12.8. The average Bonchev–Trinajstić information content (AvgIpc) is 3.21. The highest BCUT2D eigenvalue weighted by Crippen LogP contribution is 2.44. The highest BCUT2D eigenvalue weighted by molar-refractivity contribution is 6.24. The number of benzene rings is 7. The minimum absolute atomic E-state index is 0.919. The van der Waals surface area contributed by atoms with Crippen molar-refractivity contribution >= 4 is 71.3 Å². The third-order valence-corrected chi connectivity index (χ3v) is 9.83. The molecule has 0 saturated carbocycles. The number of hydrogen-bond donors (Lipinski definition) is 0. The number of anilines is 3. The Morgan fingerprint density at radius 2 is 1.06 bits per heavy atom. The lowest BCUT2D eigenvalue weighted by Gasteiger charge is -2.27. The molecule has 0 fully saturated rings. The monoisotopic (exact) mass is 650 g/mol. The molecule has 10 aromatic rings. The number of pyridine rings is 3. The van der Waals surface area contributed by atoms with Crippen molar-refractivity contribution in [3.63, 3.8) is 0 Å². The van der Waals surface area contributed by atoms with E-state index in [1.165, 1.54) is 10.8 Å². The first kappa shape index (κ1) is 29.0. The fourth-order valence-corrected chi connectivity index (χ4v) is 7.46. The summed E-state index contributed by atoms with van der Waals surface area (Å²) in [7, 11) is 0. The van der Waals surface area contributed by atoms with Crippen molar-refractivity contribution in [2.24, 2.45) is 0 Å². The maximum absolute atomic E-state index is 5.51. The Kier molecular flexibility index (Phi) is 6.78. The Morgan fingerprint density at radius 3 is 1.82 bits per heavy atom. The van der Waals surface area contributed by atoms with Crippen LogP contribution in [-0.2, 0) is 0 Å². The van der Waals surface area contributed by atoms with Crippen molar-refractivity contribution < 1.29 is 0 Å². The maximum atomic E-state index is 5.51. The van der Waals surface area contributed by atoms with E-state index in [9.17, 15) is 0 Å². The van der Waals surface area contributed by atoms with Gasteiger partial charge >= 0.3 is 0 Å². The number of aromatic nitrogens is 3. The summed E-state index contributed by atoms with van der Waals surface area (Å²) in [6.45, 7) is 0. The van der Waals surface area contributed by atoms with Gasteiger partial charge in [-0.15, -0.1) is 0 Å². The molecule has 0 spiro atoms. The van der Waals surface area contributed by atoms with Crippen LogP contribution in [0.5, 0.6) is 0 Å². The number of rotatable bonds is 5. The summed E-state index contributed by atoms with van der Waals surface area (Å²) in [6.07, 6.45) is 1.84. The number of nitrogens with zero attached hydrogens (tertiary/aromatic N) is 4. The number of para-hydroxylation sites is 3. The summed E-state index contributed by atoms with van der Waals surface area (Å²) in [5.41, 5.74) is 10.0. The molecular weight excluding hydrogens is 621 g/mol. The predicted molar refractivity (Wildman–Crippen MR) is 213 cm³/mol. The first-order chi connectivity index (χ1) is 25.3. The lowest BCUT2D eigenvalue weighted by Crippen LogP contribution is -2.11. The molecule has 3 aromatic heterocycles. The van der Waals surface area contributed by atoms with Crippen molar-refractivity contribution in [3.05, 3.63) is 182 Å². The second-order valence-electron chi connectivity index (χ2n) is 12.8. The second kappa shape index (κ2) is 11.9. The van der Waals surface area contributed by atoms with Gasteiger partial charge in [-0.2, -0.15) is 0 Å². The third kappa shape index (κ3) is 4.88. The molecule has 3 heterocycles. The molecule has 0 saturated heterocycles. The molecule has 0 bridgehead atoms. The quantitative estimate of drug-likeness (QED) is 0.174. The van der Waals surface area contributed by atoms with Gasteiger partial charge in [-0.05, 0) is 59.3 Å². The summed E-state index contributed by atoms with van der Waals surface area (Å²) in [6, 6.07) is 61.9. The summed E-state index contributed by atoms with van der Waals surface area (Å²) < 4.78 is 0. The zero-order valence-corrected chi connectivity index (χ0v) is 27.6. The highest BCUT2D eigenvalue weighted by Gasteiger charge is 2.20. The molecular formula is C47H30N4. The standard InChI is InChI=1S/C47H30N4/c1-4-12-31(13-5-1)44-40-27-23-34-30-35(41-28-25-33-22-21-32-14-11-29-48-45(32)46(33)49-41)24-26-38(34)43(40)39-19-10-20-42(47(39)50-44)51(36-15-6-2-7-16-36)37-17-8-3-9-18-37/h1-30H. The summed E-state index contributed by atoms with van der Waals surface area (Å²) >= 11 is 0. The van der Waals surface area contributed by atoms with Gasteiger partial charge in [0, 0.05) is 55.6 Å². The van der Waals surface area contributed by atoms with Gasteiger partial charge < -0.3 is 4.90 Å². The summed E-state index contributed by atoms with van der Waals surface area (Å²) in [5.74, 6) is 0. The number of fused-ring (bicyclic) bond motifs is 8. The first-order valence-corrected chi connectivity index (χ1v) is 17.2. The molecule has 4 nitrogen and oxygen atoms in total. The van der Waals surface area contributed by atoms with E-state index in [0.717, 1.165) is 83.1 Å². The minimum Gasteiger partial charge on any atom is -0.308 e. The molecule has 238 valence electrons. The minimum atomic E-state index is 0.919. The Bertz CT molecular complexity index is 2870. The van der Waals surface area contributed by atoms with Crippen LogP contribution in [0.2, 0.25) is 0 Å². The van der Waals surface area contributed by atoms with Crippen molar-refractivity contribution in [2.45, 2.75) is 0 Å². The van der Waals surface area contributed by atoms with Crippen molar-refractivity contribution in [2.75, 3.05) is 4.90 Å². The van der Waals surface area contributed by atoms with E-state index >= 15 is 0 Å². The highest BCUT2D eigenvalue weighted by atomic mass is 15.1. The fourth-order valence-electron chi connectivity index (χ4n) is 7.46. The fraction of sp³-hybridized carbons (Fsp3) is 0. The van der Waals surface area contributed by atoms with Gasteiger partial charge in [0.2, 0.25) is 0 Å². The van der Waals surface area contributed by atoms with Crippen LogP contribution in [0.15, 0.2) is 182 Å².